The number of nitrogens with zero attached hydrogens (tertiary/aromatic N) is 3. The van der Waals surface area contributed by atoms with Gasteiger partial charge in [0.05, 0.1) is 16.2 Å². The minimum atomic E-state index is -4.73. The molecule has 0 amide bonds. The molecule has 0 unspecified atom stereocenters. The third-order valence-electron chi connectivity index (χ3n) is 4.42. The van der Waals surface area contributed by atoms with Crippen LogP contribution in [0.5, 0.6) is 0 Å². The van der Waals surface area contributed by atoms with E-state index >= 15 is 0 Å². The minimum Gasteiger partial charge on any atom is -0.361 e. The van der Waals surface area contributed by atoms with Crippen LogP contribution in [0.25, 0.3) is 0 Å². The molecular formula is C17H20F3N3O3S. The number of hydrogen-bond acceptors (Lipinski definition) is 5. The van der Waals surface area contributed by atoms with Gasteiger partial charge in [0.15, 0.2) is 0 Å². The Labute approximate surface area is 155 Å². The van der Waals surface area contributed by atoms with Gasteiger partial charge in [0.25, 0.3) is 0 Å². The first-order valence-electron chi connectivity index (χ1n) is 8.49. The van der Waals surface area contributed by atoms with Crippen LogP contribution in [0.1, 0.15) is 23.4 Å². The third-order valence-corrected chi connectivity index (χ3v) is 6.38. The number of halogens is 3. The molecule has 1 fully saturated rings. The van der Waals surface area contributed by atoms with Crippen molar-refractivity contribution in [3.8, 4) is 0 Å². The van der Waals surface area contributed by atoms with Crippen LogP contribution < -0.4 is 0 Å². The average molecular weight is 403 g/mol. The molecule has 0 radical (unpaired) electrons. The summed E-state index contributed by atoms with van der Waals surface area (Å²) in [6.07, 6.45) is -4.21. The first-order valence-corrected chi connectivity index (χ1v) is 9.93. The SMILES string of the molecule is Cc1cc(CN2CCCN(S(=O)(=O)c3ccccc3C(F)(F)F)CC2)no1. The molecule has 0 atom stereocenters. The molecule has 27 heavy (non-hydrogen) atoms. The average Bonchev–Trinajstić information content (AvgIpc) is 2.86. The second-order valence-electron chi connectivity index (χ2n) is 6.46. The highest BCUT2D eigenvalue weighted by Gasteiger charge is 2.39. The van der Waals surface area contributed by atoms with Gasteiger partial charge in [-0.05, 0) is 32.0 Å². The fourth-order valence-electron chi connectivity index (χ4n) is 3.13. The summed E-state index contributed by atoms with van der Waals surface area (Å²) in [5, 5.41) is 3.92. The van der Waals surface area contributed by atoms with E-state index < -0.39 is 26.7 Å². The van der Waals surface area contributed by atoms with E-state index in [2.05, 4.69) is 5.16 Å². The Bertz CT molecular complexity index is 896. The summed E-state index contributed by atoms with van der Waals surface area (Å²) < 4.78 is 71.5. The third kappa shape index (κ3) is 4.50. The predicted molar refractivity (Wildman–Crippen MR) is 91.3 cm³/mol. The van der Waals surface area contributed by atoms with Crippen molar-refractivity contribution in [1.29, 1.82) is 0 Å². The van der Waals surface area contributed by atoms with E-state index in [-0.39, 0.29) is 13.1 Å². The van der Waals surface area contributed by atoms with Crippen LogP contribution in [0.4, 0.5) is 13.2 Å². The summed E-state index contributed by atoms with van der Waals surface area (Å²) in [5.74, 6) is 0.688. The molecule has 2 heterocycles. The van der Waals surface area contributed by atoms with Crippen LogP contribution in [0.2, 0.25) is 0 Å². The predicted octanol–water partition coefficient (Wildman–Crippen LogP) is 2.90. The normalized spacial score (nSPS) is 17.8. The molecule has 6 nitrogen and oxygen atoms in total. The lowest BCUT2D eigenvalue weighted by molar-refractivity contribution is -0.139. The molecule has 0 N–H and O–H groups in total. The molecular weight excluding hydrogens is 383 g/mol. The van der Waals surface area contributed by atoms with Gasteiger partial charge in [-0.25, -0.2) is 8.42 Å². The molecule has 1 aliphatic rings. The van der Waals surface area contributed by atoms with E-state index in [4.69, 9.17) is 4.52 Å². The molecule has 1 saturated heterocycles. The smallest absolute Gasteiger partial charge is 0.361 e. The maximum absolute atomic E-state index is 13.2. The highest BCUT2D eigenvalue weighted by atomic mass is 32.2. The number of hydrogen-bond donors (Lipinski definition) is 0. The lowest BCUT2D eigenvalue weighted by Crippen LogP contribution is -2.36. The molecule has 2 aromatic rings. The van der Waals surface area contributed by atoms with E-state index in [1.807, 2.05) is 4.90 Å². The summed E-state index contributed by atoms with van der Waals surface area (Å²) in [6, 6.07) is 6.10. The van der Waals surface area contributed by atoms with Crippen molar-refractivity contribution in [3.63, 3.8) is 0 Å². The lowest BCUT2D eigenvalue weighted by atomic mass is 10.2. The van der Waals surface area contributed by atoms with Gasteiger partial charge in [-0.2, -0.15) is 17.5 Å². The second-order valence-corrected chi connectivity index (χ2v) is 8.36. The summed E-state index contributed by atoms with van der Waals surface area (Å²) in [4.78, 5) is 1.32. The number of aromatic nitrogens is 1. The molecule has 0 aliphatic carbocycles. The number of rotatable bonds is 4. The molecule has 10 heteroatoms. The maximum atomic E-state index is 13.2. The molecule has 0 saturated carbocycles. The van der Waals surface area contributed by atoms with Gasteiger partial charge in [-0.1, -0.05) is 17.3 Å². The van der Waals surface area contributed by atoms with Gasteiger partial charge in [0.1, 0.15) is 5.76 Å². The van der Waals surface area contributed by atoms with Crippen molar-refractivity contribution in [2.24, 2.45) is 0 Å². The van der Waals surface area contributed by atoms with Crippen molar-refractivity contribution in [3.05, 3.63) is 47.3 Å². The zero-order valence-corrected chi connectivity index (χ0v) is 15.6. The summed E-state index contributed by atoms with van der Waals surface area (Å²) in [6.45, 7) is 3.60. The first-order chi connectivity index (χ1) is 12.7. The molecule has 3 rings (SSSR count). The number of benzene rings is 1. The van der Waals surface area contributed by atoms with Gasteiger partial charge < -0.3 is 4.52 Å². The second kappa shape index (κ2) is 7.61. The molecule has 1 aromatic carbocycles. The Balaban J connectivity index is 1.77. The van der Waals surface area contributed by atoms with E-state index in [0.717, 1.165) is 22.1 Å². The van der Waals surface area contributed by atoms with E-state index in [9.17, 15) is 21.6 Å². The Hall–Kier alpha value is -1.91. The van der Waals surface area contributed by atoms with Gasteiger partial charge in [-0.15, -0.1) is 0 Å². The van der Waals surface area contributed by atoms with Crippen molar-refractivity contribution >= 4 is 10.0 Å². The molecule has 0 spiro atoms. The maximum Gasteiger partial charge on any atom is 0.417 e. The topological polar surface area (TPSA) is 66.7 Å². The van der Waals surface area contributed by atoms with Gasteiger partial charge in [0.2, 0.25) is 10.0 Å². The Morgan fingerprint density at radius 1 is 1.15 bits per heavy atom. The standard InChI is InChI=1S/C17H20F3N3O3S/c1-13-11-14(21-26-13)12-22-7-4-8-23(10-9-22)27(24,25)16-6-3-2-5-15(16)17(18,19)20/h2-3,5-6,11H,4,7-10,12H2,1H3. The summed E-state index contributed by atoms with van der Waals surface area (Å²) >= 11 is 0. The molecule has 148 valence electrons. The Morgan fingerprint density at radius 3 is 2.56 bits per heavy atom. The molecule has 0 bridgehead atoms. The van der Waals surface area contributed by atoms with Crippen LogP contribution in [0, 0.1) is 6.92 Å². The lowest BCUT2D eigenvalue weighted by Gasteiger charge is -2.23. The van der Waals surface area contributed by atoms with Crippen LogP contribution >= 0.6 is 0 Å². The van der Waals surface area contributed by atoms with Crippen LogP contribution in [-0.2, 0) is 22.7 Å². The summed E-state index contributed by atoms with van der Waals surface area (Å²) in [5.41, 5.74) is -0.393. The number of alkyl halides is 3. The summed E-state index contributed by atoms with van der Waals surface area (Å²) in [7, 11) is -4.24. The zero-order chi connectivity index (χ0) is 19.7. The zero-order valence-electron chi connectivity index (χ0n) is 14.7. The highest BCUT2D eigenvalue weighted by Crippen LogP contribution is 2.35. The number of sulfonamides is 1. The first kappa shape index (κ1) is 19.8. The van der Waals surface area contributed by atoms with Crippen LogP contribution in [0.15, 0.2) is 39.8 Å². The Morgan fingerprint density at radius 2 is 1.89 bits per heavy atom. The highest BCUT2D eigenvalue weighted by molar-refractivity contribution is 7.89. The van der Waals surface area contributed by atoms with Gasteiger partial charge in [-0.3, -0.25) is 4.90 Å². The van der Waals surface area contributed by atoms with Crippen molar-refractivity contribution in [2.75, 3.05) is 26.2 Å². The Kier molecular flexibility index (Phi) is 5.59. The quantitative estimate of drug-likeness (QED) is 0.785. The van der Waals surface area contributed by atoms with Gasteiger partial charge >= 0.3 is 6.18 Å². The van der Waals surface area contributed by atoms with Gasteiger partial charge in [0, 0.05) is 32.2 Å². The van der Waals surface area contributed by atoms with E-state index in [0.29, 0.717) is 31.8 Å². The van der Waals surface area contributed by atoms with E-state index in [1.165, 1.54) is 12.1 Å². The molecule has 1 aliphatic heterocycles. The largest absolute Gasteiger partial charge is 0.417 e. The van der Waals surface area contributed by atoms with E-state index in [1.54, 1.807) is 13.0 Å². The minimum absolute atomic E-state index is 0.116. The van der Waals surface area contributed by atoms with Crippen LogP contribution in [-0.4, -0.2) is 49.0 Å². The monoisotopic (exact) mass is 403 g/mol. The number of aryl methyl sites for hydroxylation is 1. The van der Waals surface area contributed by atoms with Crippen molar-refractivity contribution < 1.29 is 26.1 Å². The fraction of sp³-hybridized carbons (Fsp3) is 0.471. The van der Waals surface area contributed by atoms with Crippen molar-refractivity contribution in [1.82, 2.24) is 14.4 Å². The fourth-order valence-corrected chi connectivity index (χ4v) is 4.81. The molecule has 1 aromatic heterocycles. The van der Waals surface area contributed by atoms with Crippen LogP contribution in [0.3, 0.4) is 0 Å². The van der Waals surface area contributed by atoms with Crippen molar-refractivity contribution in [2.45, 2.75) is 31.0 Å².